The third-order valence-corrected chi connectivity index (χ3v) is 4.08. The van der Waals surface area contributed by atoms with Crippen LogP contribution >= 0.6 is 0 Å². The van der Waals surface area contributed by atoms with E-state index in [1.54, 1.807) is 6.07 Å². The average Bonchev–Trinajstić information content (AvgIpc) is 2.38. The number of para-hydroxylation sites is 1. The van der Waals surface area contributed by atoms with E-state index in [1.807, 2.05) is 30.1 Å². The molecule has 1 fully saturated rings. The van der Waals surface area contributed by atoms with E-state index < -0.39 is 0 Å². The smallest absolute Gasteiger partial charge is 0.255 e. The molecule has 1 aliphatic carbocycles. The molecule has 0 radical (unpaired) electrons. The molecule has 0 aromatic heterocycles. The van der Waals surface area contributed by atoms with Crippen LogP contribution in [0.3, 0.4) is 0 Å². The van der Waals surface area contributed by atoms with E-state index in [9.17, 15) is 4.79 Å². The van der Waals surface area contributed by atoms with Gasteiger partial charge in [-0.3, -0.25) is 4.79 Å². The van der Waals surface area contributed by atoms with Gasteiger partial charge in [0.15, 0.2) is 0 Å². The fourth-order valence-electron chi connectivity index (χ4n) is 2.90. The summed E-state index contributed by atoms with van der Waals surface area (Å²) in [5.41, 5.74) is 7.07. The van der Waals surface area contributed by atoms with E-state index in [0.29, 0.717) is 23.2 Å². The van der Waals surface area contributed by atoms with Crippen LogP contribution in [0.25, 0.3) is 0 Å². The van der Waals surface area contributed by atoms with E-state index in [-0.39, 0.29) is 5.91 Å². The van der Waals surface area contributed by atoms with Crippen LogP contribution in [0.2, 0.25) is 0 Å². The van der Waals surface area contributed by atoms with Gasteiger partial charge in [0.25, 0.3) is 5.91 Å². The molecule has 2 rings (SSSR count). The summed E-state index contributed by atoms with van der Waals surface area (Å²) in [4.78, 5) is 14.3. The van der Waals surface area contributed by atoms with Crippen LogP contribution < -0.4 is 5.73 Å². The Hall–Kier alpha value is -1.51. The Labute approximate surface area is 109 Å². The van der Waals surface area contributed by atoms with Gasteiger partial charge in [0.05, 0.1) is 5.56 Å². The molecule has 0 spiro atoms. The Kier molecular flexibility index (Phi) is 3.90. The van der Waals surface area contributed by atoms with Crippen molar-refractivity contribution in [1.29, 1.82) is 0 Å². The lowest BCUT2D eigenvalue weighted by Crippen LogP contribution is -2.42. The predicted octanol–water partition coefficient (Wildman–Crippen LogP) is 2.92. The maximum Gasteiger partial charge on any atom is 0.255 e. The van der Waals surface area contributed by atoms with Gasteiger partial charge in [0.2, 0.25) is 0 Å². The van der Waals surface area contributed by atoms with E-state index in [1.165, 1.54) is 19.3 Å². The number of benzene rings is 1. The highest BCUT2D eigenvalue weighted by Crippen LogP contribution is 2.28. The number of amides is 1. The molecule has 2 atom stereocenters. The second-order valence-corrected chi connectivity index (χ2v) is 5.33. The SMILES string of the molecule is CC1CCCCC1N(C)C(=O)c1ccccc1N. The lowest BCUT2D eigenvalue weighted by Gasteiger charge is -2.36. The van der Waals surface area contributed by atoms with Gasteiger partial charge in [-0.25, -0.2) is 0 Å². The first kappa shape index (κ1) is 12.9. The molecule has 0 aliphatic heterocycles. The summed E-state index contributed by atoms with van der Waals surface area (Å²) < 4.78 is 0. The molecule has 0 saturated heterocycles. The normalized spacial score (nSPS) is 23.7. The molecule has 1 amide bonds. The number of nitrogens with two attached hydrogens (primary N) is 1. The second-order valence-electron chi connectivity index (χ2n) is 5.33. The van der Waals surface area contributed by atoms with Crippen LogP contribution in [0, 0.1) is 5.92 Å². The highest BCUT2D eigenvalue weighted by Gasteiger charge is 2.28. The average molecular weight is 246 g/mol. The molecule has 1 aromatic rings. The van der Waals surface area contributed by atoms with Crippen molar-refractivity contribution in [3.05, 3.63) is 29.8 Å². The van der Waals surface area contributed by atoms with Crippen LogP contribution in [0.5, 0.6) is 0 Å². The fourth-order valence-corrected chi connectivity index (χ4v) is 2.90. The third-order valence-electron chi connectivity index (χ3n) is 4.08. The first-order valence-electron chi connectivity index (χ1n) is 6.73. The number of rotatable bonds is 2. The van der Waals surface area contributed by atoms with E-state index in [4.69, 9.17) is 5.73 Å². The molecule has 98 valence electrons. The van der Waals surface area contributed by atoms with Crippen LogP contribution in [0.4, 0.5) is 5.69 Å². The Morgan fingerprint density at radius 2 is 1.94 bits per heavy atom. The van der Waals surface area contributed by atoms with E-state index in [0.717, 1.165) is 6.42 Å². The zero-order valence-corrected chi connectivity index (χ0v) is 11.2. The lowest BCUT2D eigenvalue weighted by atomic mass is 9.85. The number of hydrogen-bond acceptors (Lipinski definition) is 2. The third kappa shape index (κ3) is 2.50. The quantitative estimate of drug-likeness (QED) is 0.815. The van der Waals surface area contributed by atoms with Gasteiger partial charge in [-0.1, -0.05) is 31.9 Å². The largest absolute Gasteiger partial charge is 0.398 e. The first-order chi connectivity index (χ1) is 8.61. The maximum atomic E-state index is 12.5. The van der Waals surface area contributed by atoms with Gasteiger partial charge in [-0.2, -0.15) is 0 Å². The summed E-state index contributed by atoms with van der Waals surface area (Å²) in [6, 6.07) is 7.66. The molecular formula is C15H22N2O. The van der Waals surface area contributed by atoms with Crippen molar-refractivity contribution in [3.8, 4) is 0 Å². The summed E-state index contributed by atoms with van der Waals surface area (Å²) in [6.07, 6.45) is 4.83. The minimum Gasteiger partial charge on any atom is -0.398 e. The highest BCUT2D eigenvalue weighted by molar-refractivity contribution is 5.99. The molecule has 18 heavy (non-hydrogen) atoms. The standard InChI is InChI=1S/C15H22N2O/c1-11-7-3-6-10-14(11)17(2)15(18)12-8-4-5-9-13(12)16/h4-5,8-9,11,14H,3,6-7,10,16H2,1-2H3. The molecule has 0 bridgehead atoms. The van der Waals surface area contributed by atoms with Gasteiger partial charge in [-0.05, 0) is 30.9 Å². The van der Waals surface area contributed by atoms with Crippen molar-refractivity contribution in [1.82, 2.24) is 4.90 Å². The first-order valence-corrected chi connectivity index (χ1v) is 6.73. The summed E-state index contributed by atoms with van der Waals surface area (Å²) in [5, 5.41) is 0. The highest BCUT2D eigenvalue weighted by atomic mass is 16.2. The number of anilines is 1. The maximum absolute atomic E-state index is 12.5. The molecule has 3 heteroatoms. The number of nitrogens with zero attached hydrogens (tertiary/aromatic N) is 1. The van der Waals surface area contributed by atoms with Gasteiger partial charge >= 0.3 is 0 Å². The molecule has 1 saturated carbocycles. The van der Waals surface area contributed by atoms with E-state index in [2.05, 4.69) is 6.92 Å². The van der Waals surface area contributed by atoms with Crippen LogP contribution in [0.15, 0.2) is 24.3 Å². The monoisotopic (exact) mass is 246 g/mol. The Morgan fingerprint density at radius 1 is 1.28 bits per heavy atom. The van der Waals surface area contributed by atoms with E-state index >= 15 is 0 Å². The summed E-state index contributed by atoms with van der Waals surface area (Å²) in [6.45, 7) is 2.24. The molecule has 1 aliphatic rings. The van der Waals surface area contributed by atoms with Gasteiger partial charge in [-0.15, -0.1) is 0 Å². The minimum atomic E-state index is 0.0480. The number of carbonyl (C=O) groups excluding carboxylic acids is 1. The van der Waals surface area contributed by atoms with Crippen LogP contribution in [0.1, 0.15) is 43.0 Å². The molecule has 2 N–H and O–H groups in total. The van der Waals surface area contributed by atoms with Crippen molar-refractivity contribution in [2.75, 3.05) is 12.8 Å². The summed E-state index contributed by atoms with van der Waals surface area (Å²) in [7, 11) is 1.90. The van der Waals surface area contributed by atoms with Gasteiger partial charge in [0.1, 0.15) is 0 Å². The van der Waals surface area contributed by atoms with Crippen molar-refractivity contribution in [3.63, 3.8) is 0 Å². The predicted molar refractivity (Wildman–Crippen MR) is 74.4 cm³/mol. The van der Waals surface area contributed by atoms with Crippen molar-refractivity contribution < 1.29 is 4.79 Å². The van der Waals surface area contributed by atoms with Crippen molar-refractivity contribution in [2.24, 2.45) is 5.92 Å². The zero-order chi connectivity index (χ0) is 13.1. The Bertz CT molecular complexity index is 430. The molecular weight excluding hydrogens is 224 g/mol. The Morgan fingerprint density at radius 3 is 2.61 bits per heavy atom. The van der Waals surface area contributed by atoms with Gasteiger partial charge in [0, 0.05) is 18.8 Å². The lowest BCUT2D eigenvalue weighted by molar-refractivity contribution is 0.0630. The minimum absolute atomic E-state index is 0.0480. The molecule has 2 unspecified atom stereocenters. The van der Waals surface area contributed by atoms with Gasteiger partial charge < -0.3 is 10.6 Å². The van der Waals surface area contributed by atoms with Crippen LogP contribution in [-0.2, 0) is 0 Å². The topological polar surface area (TPSA) is 46.3 Å². The van der Waals surface area contributed by atoms with Crippen molar-refractivity contribution >= 4 is 11.6 Å². The Balaban J connectivity index is 2.16. The van der Waals surface area contributed by atoms with Crippen LogP contribution in [-0.4, -0.2) is 23.9 Å². The number of hydrogen-bond donors (Lipinski definition) is 1. The number of carbonyl (C=O) groups is 1. The number of nitrogen functional groups attached to an aromatic ring is 1. The second kappa shape index (κ2) is 5.42. The zero-order valence-electron chi connectivity index (χ0n) is 11.2. The molecule has 3 nitrogen and oxygen atoms in total. The van der Waals surface area contributed by atoms with Crippen molar-refractivity contribution in [2.45, 2.75) is 38.6 Å². The summed E-state index contributed by atoms with van der Waals surface area (Å²) >= 11 is 0. The fraction of sp³-hybridized carbons (Fsp3) is 0.533. The molecule has 0 heterocycles. The molecule has 1 aromatic carbocycles. The summed E-state index contributed by atoms with van der Waals surface area (Å²) in [5.74, 6) is 0.629.